The Labute approximate surface area is 147 Å². The number of hydrogen-bond acceptors (Lipinski definition) is 4. The Morgan fingerprint density at radius 1 is 1.26 bits per heavy atom. The minimum Gasteiger partial charge on any atom is -0.355 e. The van der Waals surface area contributed by atoms with Crippen LogP contribution in [0.1, 0.15) is 18.5 Å². The van der Waals surface area contributed by atoms with Gasteiger partial charge in [0.25, 0.3) is 0 Å². The second-order valence-corrected chi connectivity index (χ2v) is 6.43. The zero-order valence-electron chi connectivity index (χ0n) is 13.0. The fourth-order valence-corrected chi connectivity index (χ4v) is 3.54. The third kappa shape index (κ3) is 5.03. The van der Waals surface area contributed by atoms with Crippen molar-refractivity contribution in [1.29, 1.82) is 0 Å². The van der Waals surface area contributed by atoms with E-state index in [0.29, 0.717) is 6.54 Å². The van der Waals surface area contributed by atoms with Crippen LogP contribution in [0.5, 0.6) is 0 Å². The summed E-state index contributed by atoms with van der Waals surface area (Å²) < 4.78 is 0. The van der Waals surface area contributed by atoms with Crippen LogP contribution in [0.4, 0.5) is 0 Å². The van der Waals surface area contributed by atoms with Crippen LogP contribution in [-0.2, 0) is 11.2 Å². The molecule has 3 rings (SSSR count). The first-order chi connectivity index (χ1) is 10.8. The van der Waals surface area contributed by atoms with E-state index in [-0.39, 0.29) is 24.2 Å². The summed E-state index contributed by atoms with van der Waals surface area (Å²) in [5, 5.41) is 9.45. The van der Waals surface area contributed by atoms with Gasteiger partial charge in [-0.3, -0.25) is 4.79 Å². The van der Waals surface area contributed by atoms with Gasteiger partial charge in [0.15, 0.2) is 0 Å². The van der Waals surface area contributed by atoms with Crippen molar-refractivity contribution in [3.8, 4) is 10.6 Å². The summed E-state index contributed by atoms with van der Waals surface area (Å²) in [5.41, 5.74) is 2.20. The molecule has 2 N–H and O–H groups in total. The molecule has 2 aromatic rings. The van der Waals surface area contributed by atoms with Crippen LogP contribution in [0.25, 0.3) is 10.6 Å². The molecule has 0 atom stereocenters. The first-order valence-corrected chi connectivity index (χ1v) is 8.69. The molecule has 0 spiro atoms. The highest BCUT2D eigenvalue weighted by atomic mass is 35.5. The maximum Gasteiger partial charge on any atom is 0.223 e. The van der Waals surface area contributed by atoms with E-state index >= 15 is 0 Å². The van der Waals surface area contributed by atoms with Crippen molar-refractivity contribution in [3.63, 3.8) is 0 Å². The van der Waals surface area contributed by atoms with E-state index in [1.54, 1.807) is 11.3 Å². The SMILES string of the molecule is Cl.O=C(NCCc1csc(-c2ccccc2)n1)C1CCNCC1. The Bertz CT molecular complexity index is 611. The summed E-state index contributed by atoms with van der Waals surface area (Å²) in [4.78, 5) is 16.7. The summed E-state index contributed by atoms with van der Waals surface area (Å²) in [7, 11) is 0. The van der Waals surface area contributed by atoms with Crippen molar-refractivity contribution < 1.29 is 4.79 Å². The Hall–Kier alpha value is -1.43. The van der Waals surface area contributed by atoms with Crippen molar-refractivity contribution in [1.82, 2.24) is 15.6 Å². The van der Waals surface area contributed by atoms with Gasteiger partial charge < -0.3 is 10.6 Å². The molecule has 0 bridgehead atoms. The highest BCUT2D eigenvalue weighted by Gasteiger charge is 2.20. The highest BCUT2D eigenvalue weighted by molar-refractivity contribution is 7.13. The van der Waals surface area contributed by atoms with Gasteiger partial charge in [-0.1, -0.05) is 30.3 Å². The number of amides is 1. The van der Waals surface area contributed by atoms with Gasteiger partial charge in [0.1, 0.15) is 5.01 Å². The monoisotopic (exact) mass is 351 g/mol. The number of carbonyl (C=O) groups excluding carboxylic acids is 1. The zero-order valence-corrected chi connectivity index (χ0v) is 14.6. The predicted octanol–water partition coefficient (Wildman–Crippen LogP) is 2.89. The Balaban J connectivity index is 0.00000192. The fourth-order valence-electron chi connectivity index (χ4n) is 2.68. The molecule has 4 nitrogen and oxygen atoms in total. The number of rotatable bonds is 5. The molecule has 124 valence electrons. The van der Waals surface area contributed by atoms with Gasteiger partial charge in [0.05, 0.1) is 5.69 Å². The summed E-state index contributed by atoms with van der Waals surface area (Å²) >= 11 is 1.66. The van der Waals surface area contributed by atoms with Gasteiger partial charge >= 0.3 is 0 Å². The van der Waals surface area contributed by atoms with Crippen LogP contribution < -0.4 is 10.6 Å². The number of nitrogens with one attached hydrogen (secondary N) is 2. The predicted molar refractivity (Wildman–Crippen MR) is 97.1 cm³/mol. The van der Waals surface area contributed by atoms with Gasteiger partial charge in [-0.25, -0.2) is 4.98 Å². The summed E-state index contributed by atoms with van der Waals surface area (Å²) in [6.45, 7) is 2.57. The van der Waals surface area contributed by atoms with Crippen LogP contribution in [-0.4, -0.2) is 30.5 Å². The zero-order chi connectivity index (χ0) is 15.2. The quantitative estimate of drug-likeness (QED) is 0.870. The van der Waals surface area contributed by atoms with Gasteiger partial charge in [-0.05, 0) is 25.9 Å². The topological polar surface area (TPSA) is 54.0 Å². The number of piperidine rings is 1. The molecular weight excluding hydrogens is 330 g/mol. The maximum atomic E-state index is 12.1. The fraction of sp³-hybridized carbons (Fsp3) is 0.412. The highest BCUT2D eigenvalue weighted by Crippen LogP contribution is 2.23. The Kier molecular flexibility index (Phi) is 7.02. The minimum atomic E-state index is 0. The first-order valence-electron chi connectivity index (χ1n) is 7.81. The molecule has 1 aliphatic rings. The Morgan fingerprint density at radius 2 is 2.00 bits per heavy atom. The van der Waals surface area contributed by atoms with Crippen LogP contribution in [0, 0.1) is 5.92 Å². The van der Waals surface area contributed by atoms with Gasteiger partial charge in [0, 0.05) is 29.8 Å². The standard InChI is InChI=1S/C17H21N3OS.ClH/c21-16(13-6-9-18-10-7-13)19-11-8-15-12-22-17(20-15)14-4-2-1-3-5-14;/h1-5,12-13,18H,6-11H2,(H,19,21);1H. The molecule has 1 aliphatic heterocycles. The first kappa shape index (κ1) is 17.9. The molecule has 0 unspecified atom stereocenters. The molecule has 1 fully saturated rings. The molecule has 0 radical (unpaired) electrons. The van der Waals surface area contributed by atoms with Gasteiger partial charge in [0.2, 0.25) is 5.91 Å². The van der Waals surface area contributed by atoms with Crippen LogP contribution >= 0.6 is 23.7 Å². The molecule has 1 aromatic carbocycles. The van der Waals surface area contributed by atoms with E-state index in [0.717, 1.165) is 48.6 Å². The van der Waals surface area contributed by atoms with Crippen molar-refractivity contribution in [3.05, 3.63) is 41.4 Å². The van der Waals surface area contributed by atoms with Crippen molar-refractivity contribution in [2.24, 2.45) is 5.92 Å². The van der Waals surface area contributed by atoms with E-state index in [1.807, 2.05) is 18.2 Å². The third-order valence-electron chi connectivity index (χ3n) is 3.96. The Morgan fingerprint density at radius 3 is 2.74 bits per heavy atom. The van der Waals surface area contributed by atoms with Crippen LogP contribution in [0.2, 0.25) is 0 Å². The van der Waals surface area contributed by atoms with Gasteiger partial charge in [-0.2, -0.15) is 0 Å². The summed E-state index contributed by atoms with van der Waals surface area (Å²) in [6, 6.07) is 10.2. The lowest BCUT2D eigenvalue weighted by Crippen LogP contribution is -2.38. The molecule has 1 amide bonds. The molecule has 1 saturated heterocycles. The van der Waals surface area contributed by atoms with Crippen molar-refractivity contribution in [2.75, 3.05) is 19.6 Å². The lowest BCUT2D eigenvalue weighted by Gasteiger charge is -2.21. The molecule has 1 aromatic heterocycles. The lowest BCUT2D eigenvalue weighted by molar-refractivity contribution is -0.125. The normalized spacial score (nSPS) is 15.0. The molecular formula is C17H22ClN3OS. The number of nitrogens with zero attached hydrogens (tertiary/aromatic N) is 1. The summed E-state index contributed by atoms with van der Waals surface area (Å²) in [5.74, 6) is 0.372. The van der Waals surface area contributed by atoms with E-state index in [2.05, 4.69) is 33.1 Å². The number of halogens is 1. The minimum absolute atomic E-state index is 0. The van der Waals surface area contributed by atoms with Crippen molar-refractivity contribution >= 4 is 29.7 Å². The van der Waals surface area contributed by atoms with Crippen LogP contribution in [0.15, 0.2) is 35.7 Å². The second kappa shape index (κ2) is 9.01. The largest absolute Gasteiger partial charge is 0.355 e. The second-order valence-electron chi connectivity index (χ2n) is 5.58. The number of aromatic nitrogens is 1. The molecule has 23 heavy (non-hydrogen) atoms. The number of carbonyl (C=O) groups is 1. The van der Waals surface area contributed by atoms with E-state index in [4.69, 9.17) is 0 Å². The molecule has 2 heterocycles. The van der Waals surface area contributed by atoms with E-state index in [1.165, 1.54) is 0 Å². The lowest BCUT2D eigenvalue weighted by atomic mass is 9.97. The van der Waals surface area contributed by atoms with Crippen LogP contribution in [0.3, 0.4) is 0 Å². The summed E-state index contributed by atoms with van der Waals surface area (Å²) in [6.07, 6.45) is 2.68. The molecule has 6 heteroatoms. The smallest absolute Gasteiger partial charge is 0.223 e. The van der Waals surface area contributed by atoms with Crippen molar-refractivity contribution in [2.45, 2.75) is 19.3 Å². The number of hydrogen-bond donors (Lipinski definition) is 2. The maximum absolute atomic E-state index is 12.1. The number of thiazole rings is 1. The average Bonchev–Trinajstić information content (AvgIpc) is 3.05. The molecule has 0 aliphatic carbocycles. The average molecular weight is 352 g/mol. The third-order valence-corrected chi connectivity index (χ3v) is 4.90. The van der Waals surface area contributed by atoms with Gasteiger partial charge in [-0.15, -0.1) is 23.7 Å². The van der Waals surface area contributed by atoms with E-state index < -0.39 is 0 Å². The molecule has 0 saturated carbocycles. The number of benzene rings is 1. The van der Waals surface area contributed by atoms with E-state index in [9.17, 15) is 4.79 Å².